The van der Waals surface area contributed by atoms with Crippen LogP contribution in [0.15, 0.2) is 67.0 Å². The van der Waals surface area contributed by atoms with E-state index in [4.69, 9.17) is 5.73 Å². The van der Waals surface area contributed by atoms with Crippen molar-refractivity contribution in [2.24, 2.45) is 0 Å². The topological polar surface area (TPSA) is 72.9 Å². The van der Waals surface area contributed by atoms with Gasteiger partial charge in [-0.1, -0.05) is 24.3 Å². The first-order valence-electron chi connectivity index (χ1n) is 6.94. The van der Waals surface area contributed by atoms with Crippen molar-refractivity contribution in [2.75, 3.05) is 11.1 Å². The van der Waals surface area contributed by atoms with Gasteiger partial charge in [-0.3, -0.25) is 9.48 Å². The smallest absolute Gasteiger partial charge is 0.255 e. The number of carbonyl (C=O) groups is 1. The van der Waals surface area contributed by atoms with Crippen LogP contribution >= 0.6 is 0 Å². The van der Waals surface area contributed by atoms with Crippen molar-refractivity contribution in [3.8, 4) is 0 Å². The molecule has 3 aromatic rings. The van der Waals surface area contributed by atoms with Gasteiger partial charge in [0.25, 0.3) is 5.91 Å². The van der Waals surface area contributed by atoms with Gasteiger partial charge in [0.05, 0.1) is 17.9 Å². The number of nitrogens with zero attached hydrogens (tertiary/aromatic N) is 2. The summed E-state index contributed by atoms with van der Waals surface area (Å²) in [6.07, 6.45) is 3.64. The number of para-hydroxylation sites is 2. The molecule has 0 saturated heterocycles. The predicted octanol–water partition coefficient (Wildman–Crippen LogP) is 2.77. The molecule has 0 aliphatic carbocycles. The Hall–Kier alpha value is -3.08. The van der Waals surface area contributed by atoms with Crippen LogP contribution in [0.2, 0.25) is 0 Å². The van der Waals surface area contributed by atoms with E-state index in [1.165, 1.54) is 0 Å². The molecule has 2 aromatic carbocycles. The van der Waals surface area contributed by atoms with Gasteiger partial charge >= 0.3 is 0 Å². The number of hydrogen-bond acceptors (Lipinski definition) is 3. The highest BCUT2D eigenvalue weighted by Crippen LogP contribution is 2.18. The highest BCUT2D eigenvalue weighted by Gasteiger charge is 2.07. The van der Waals surface area contributed by atoms with Crippen molar-refractivity contribution >= 4 is 17.3 Å². The fraction of sp³-hybridized carbons (Fsp3) is 0.0588. The van der Waals surface area contributed by atoms with Crippen LogP contribution < -0.4 is 11.1 Å². The van der Waals surface area contributed by atoms with Gasteiger partial charge in [-0.25, -0.2) is 0 Å². The van der Waals surface area contributed by atoms with E-state index in [0.717, 1.165) is 5.56 Å². The van der Waals surface area contributed by atoms with Gasteiger partial charge in [0, 0.05) is 18.0 Å². The number of aromatic nitrogens is 2. The Morgan fingerprint density at radius 2 is 1.86 bits per heavy atom. The second kappa shape index (κ2) is 6.13. The monoisotopic (exact) mass is 292 g/mol. The van der Waals surface area contributed by atoms with Crippen LogP contribution in [0.25, 0.3) is 0 Å². The Kier molecular flexibility index (Phi) is 3.87. The molecule has 22 heavy (non-hydrogen) atoms. The molecule has 1 heterocycles. The van der Waals surface area contributed by atoms with Crippen molar-refractivity contribution in [2.45, 2.75) is 6.54 Å². The van der Waals surface area contributed by atoms with E-state index in [0.29, 0.717) is 23.5 Å². The molecule has 0 saturated carbocycles. The summed E-state index contributed by atoms with van der Waals surface area (Å²) in [4.78, 5) is 12.2. The van der Waals surface area contributed by atoms with Crippen LogP contribution in [0.3, 0.4) is 0 Å². The van der Waals surface area contributed by atoms with Gasteiger partial charge in [-0.05, 0) is 35.9 Å². The number of rotatable bonds is 4. The Morgan fingerprint density at radius 3 is 2.55 bits per heavy atom. The molecule has 0 radical (unpaired) electrons. The molecule has 3 N–H and O–H groups in total. The standard InChI is InChI=1S/C17H16N4O/c18-15-4-1-2-5-16(15)20-17(22)14-8-6-13(7-9-14)12-21-11-3-10-19-21/h1-11H,12,18H2,(H,20,22). The summed E-state index contributed by atoms with van der Waals surface area (Å²) < 4.78 is 1.83. The van der Waals surface area contributed by atoms with Crippen LogP contribution in [-0.2, 0) is 6.54 Å². The first kappa shape index (κ1) is 13.9. The predicted molar refractivity (Wildman–Crippen MR) is 86.6 cm³/mol. The lowest BCUT2D eigenvalue weighted by molar-refractivity contribution is 0.102. The van der Waals surface area contributed by atoms with Gasteiger partial charge in [0.15, 0.2) is 0 Å². The summed E-state index contributed by atoms with van der Waals surface area (Å²) in [5.74, 6) is -0.177. The highest BCUT2D eigenvalue weighted by atomic mass is 16.1. The largest absolute Gasteiger partial charge is 0.397 e. The second-order valence-electron chi connectivity index (χ2n) is 4.94. The molecule has 3 rings (SSSR count). The molecule has 0 aliphatic heterocycles. The maximum Gasteiger partial charge on any atom is 0.255 e. The number of hydrogen-bond donors (Lipinski definition) is 2. The molecule has 0 atom stereocenters. The molecular weight excluding hydrogens is 276 g/mol. The van der Waals surface area contributed by atoms with E-state index in [1.807, 2.05) is 41.2 Å². The average Bonchev–Trinajstić information content (AvgIpc) is 3.03. The van der Waals surface area contributed by atoms with E-state index in [1.54, 1.807) is 30.5 Å². The summed E-state index contributed by atoms with van der Waals surface area (Å²) in [5, 5.41) is 6.97. The van der Waals surface area contributed by atoms with Crippen LogP contribution in [0.4, 0.5) is 11.4 Å². The number of nitrogen functional groups attached to an aromatic ring is 1. The zero-order valence-electron chi connectivity index (χ0n) is 11.9. The lowest BCUT2D eigenvalue weighted by Crippen LogP contribution is -2.13. The third-order valence-electron chi connectivity index (χ3n) is 3.33. The minimum absolute atomic E-state index is 0.177. The first-order chi connectivity index (χ1) is 10.7. The summed E-state index contributed by atoms with van der Waals surface area (Å²) in [6, 6.07) is 16.5. The SMILES string of the molecule is Nc1ccccc1NC(=O)c1ccc(Cn2cccn2)cc1. The Labute approximate surface area is 128 Å². The molecule has 0 fully saturated rings. The molecule has 110 valence electrons. The third kappa shape index (κ3) is 3.15. The molecule has 5 nitrogen and oxygen atoms in total. The number of anilines is 2. The van der Waals surface area contributed by atoms with Gasteiger partial charge in [0.1, 0.15) is 0 Å². The van der Waals surface area contributed by atoms with E-state index in [9.17, 15) is 4.79 Å². The van der Waals surface area contributed by atoms with Crippen LogP contribution in [0.1, 0.15) is 15.9 Å². The fourth-order valence-electron chi connectivity index (χ4n) is 2.15. The van der Waals surface area contributed by atoms with Gasteiger partial charge in [-0.15, -0.1) is 0 Å². The fourth-order valence-corrected chi connectivity index (χ4v) is 2.15. The normalized spacial score (nSPS) is 10.4. The van der Waals surface area contributed by atoms with Gasteiger partial charge in [0.2, 0.25) is 0 Å². The van der Waals surface area contributed by atoms with Crippen molar-refractivity contribution in [3.63, 3.8) is 0 Å². The Morgan fingerprint density at radius 1 is 1.09 bits per heavy atom. The summed E-state index contributed by atoms with van der Waals surface area (Å²) in [5.41, 5.74) is 8.66. The van der Waals surface area contributed by atoms with Crippen molar-refractivity contribution < 1.29 is 4.79 Å². The quantitative estimate of drug-likeness (QED) is 0.726. The second-order valence-corrected chi connectivity index (χ2v) is 4.94. The minimum Gasteiger partial charge on any atom is -0.397 e. The molecule has 0 spiro atoms. The maximum absolute atomic E-state index is 12.2. The van der Waals surface area contributed by atoms with Crippen LogP contribution in [0, 0.1) is 0 Å². The van der Waals surface area contributed by atoms with Gasteiger partial charge in [-0.2, -0.15) is 5.10 Å². The molecule has 0 bridgehead atoms. The molecular formula is C17H16N4O. The number of nitrogens with two attached hydrogens (primary N) is 1. The molecule has 0 aliphatic rings. The Bertz CT molecular complexity index is 764. The first-order valence-corrected chi connectivity index (χ1v) is 6.94. The zero-order chi connectivity index (χ0) is 15.4. The molecule has 1 amide bonds. The minimum atomic E-state index is -0.177. The van der Waals surface area contributed by atoms with Crippen molar-refractivity contribution in [3.05, 3.63) is 78.1 Å². The Balaban J connectivity index is 1.70. The summed E-state index contributed by atoms with van der Waals surface area (Å²) >= 11 is 0. The number of carbonyl (C=O) groups excluding carboxylic acids is 1. The van der Waals surface area contributed by atoms with E-state index >= 15 is 0 Å². The van der Waals surface area contributed by atoms with E-state index in [-0.39, 0.29) is 5.91 Å². The summed E-state index contributed by atoms with van der Waals surface area (Å²) in [6.45, 7) is 0.681. The van der Waals surface area contributed by atoms with Crippen molar-refractivity contribution in [1.82, 2.24) is 9.78 Å². The van der Waals surface area contributed by atoms with Gasteiger partial charge < -0.3 is 11.1 Å². The van der Waals surface area contributed by atoms with Crippen molar-refractivity contribution in [1.29, 1.82) is 0 Å². The number of amides is 1. The van der Waals surface area contributed by atoms with Crippen LogP contribution in [0.5, 0.6) is 0 Å². The highest BCUT2D eigenvalue weighted by molar-refractivity contribution is 6.05. The lowest BCUT2D eigenvalue weighted by Gasteiger charge is -2.08. The average molecular weight is 292 g/mol. The molecule has 0 unspecified atom stereocenters. The molecule has 1 aromatic heterocycles. The third-order valence-corrected chi connectivity index (χ3v) is 3.33. The zero-order valence-corrected chi connectivity index (χ0v) is 11.9. The lowest BCUT2D eigenvalue weighted by atomic mass is 10.1. The molecule has 5 heteroatoms. The maximum atomic E-state index is 12.2. The summed E-state index contributed by atoms with van der Waals surface area (Å²) in [7, 11) is 0. The van der Waals surface area contributed by atoms with E-state index in [2.05, 4.69) is 10.4 Å². The number of benzene rings is 2. The van der Waals surface area contributed by atoms with Crippen LogP contribution in [-0.4, -0.2) is 15.7 Å². The van der Waals surface area contributed by atoms with E-state index < -0.39 is 0 Å². The number of nitrogens with one attached hydrogen (secondary N) is 1.